The number of rotatable bonds is 7. The zero-order valence-corrected chi connectivity index (χ0v) is 18.9. The summed E-state index contributed by atoms with van der Waals surface area (Å²) in [5.41, 5.74) is 2.14. The van der Waals surface area contributed by atoms with E-state index >= 15 is 0 Å². The fourth-order valence-corrected chi connectivity index (χ4v) is 3.56. The Kier molecular flexibility index (Phi) is 8.08. The third kappa shape index (κ3) is 6.45. The molecule has 9 heteroatoms. The van der Waals surface area contributed by atoms with E-state index in [1.54, 1.807) is 35.2 Å². The Hall–Kier alpha value is -3.10. The van der Waals surface area contributed by atoms with Gasteiger partial charge in [-0.15, -0.1) is 0 Å². The molecule has 0 saturated carbocycles. The first-order valence-electron chi connectivity index (χ1n) is 10.3. The first-order valence-corrected chi connectivity index (χ1v) is 10.7. The van der Waals surface area contributed by atoms with E-state index in [-0.39, 0.29) is 30.8 Å². The molecule has 170 valence electrons. The molecule has 3 rings (SSSR count). The van der Waals surface area contributed by atoms with Gasteiger partial charge in [-0.3, -0.25) is 19.3 Å². The van der Waals surface area contributed by atoms with E-state index in [0.29, 0.717) is 48.2 Å². The summed E-state index contributed by atoms with van der Waals surface area (Å²) in [6.45, 7) is 4.18. The highest BCUT2D eigenvalue weighted by molar-refractivity contribution is 6.30. The molecule has 0 aromatic heterocycles. The third-order valence-electron chi connectivity index (χ3n) is 5.19. The number of anilines is 1. The normalized spacial score (nSPS) is 14.0. The number of piperazine rings is 1. The van der Waals surface area contributed by atoms with Gasteiger partial charge in [0.1, 0.15) is 5.75 Å². The van der Waals surface area contributed by atoms with Crippen molar-refractivity contribution in [2.45, 2.75) is 6.92 Å². The number of nitrogens with one attached hydrogen (secondary N) is 2. The first-order chi connectivity index (χ1) is 15.4. The van der Waals surface area contributed by atoms with E-state index < -0.39 is 0 Å². The zero-order chi connectivity index (χ0) is 23.1. The molecule has 0 spiro atoms. The van der Waals surface area contributed by atoms with E-state index in [1.807, 2.05) is 24.0 Å². The van der Waals surface area contributed by atoms with Crippen LogP contribution < -0.4 is 15.4 Å². The van der Waals surface area contributed by atoms with Gasteiger partial charge in [0.15, 0.2) is 0 Å². The highest BCUT2D eigenvalue weighted by Gasteiger charge is 2.23. The highest BCUT2D eigenvalue weighted by Crippen LogP contribution is 2.24. The predicted octanol–water partition coefficient (Wildman–Crippen LogP) is 2.17. The molecule has 8 nitrogen and oxygen atoms in total. The van der Waals surface area contributed by atoms with Gasteiger partial charge in [-0.25, -0.2) is 0 Å². The molecule has 32 heavy (non-hydrogen) atoms. The lowest BCUT2D eigenvalue weighted by Crippen LogP contribution is -2.51. The molecule has 0 radical (unpaired) electrons. The van der Waals surface area contributed by atoms with Crippen LogP contribution in [-0.4, -0.2) is 73.9 Å². The molecule has 0 atom stereocenters. The molecule has 2 aromatic rings. The van der Waals surface area contributed by atoms with Gasteiger partial charge in [0, 0.05) is 36.8 Å². The van der Waals surface area contributed by atoms with Crippen molar-refractivity contribution in [3.05, 3.63) is 58.6 Å². The quantitative estimate of drug-likeness (QED) is 0.663. The van der Waals surface area contributed by atoms with Gasteiger partial charge < -0.3 is 20.3 Å². The maximum absolute atomic E-state index is 12.6. The Labute approximate surface area is 192 Å². The van der Waals surface area contributed by atoms with Crippen LogP contribution in [0.2, 0.25) is 5.02 Å². The minimum Gasteiger partial charge on any atom is -0.495 e. The fourth-order valence-electron chi connectivity index (χ4n) is 3.44. The van der Waals surface area contributed by atoms with Crippen molar-refractivity contribution >= 4 is 35.0 Å². The number of hydrogen-bond acceptors (Lipinski definition) is 5. The van der Waals surface area contributed by atoms with Gasteiger partial charge in [0.05, 0.1) is 25.9 Å². The summed E-state index contributed by atoms with van der Waals surface area (Å²) in [6, 6.07) is 12.3. The predicted molar refractivity (Wildman–Crippen MR) is 123 cm³/mol. The molecule has 1 fully saturated rings. The summed E-state index contributed by atoms with van der Waals surface area (Å²) in [5.74, 6) is -0.0650. The summed E-state index contributed by atoms with van der Waals surface area (Å²) in [4.78, 5) is 40.8. The Bertz CT molecular complexity index is 972. The van der Waals surface area contributed by atoms with Gasteiger partial charge in [0.25, 0.3) is 5.91 Å². The number of amides is 3. The van der Waals surface area contributed by atoms with Crippen LogP contribution in [-0.2, 0) is 9.59 Å². The van der Waals surface area contributed by atoms with Crippen molar-refractivity contribution in [1.82, 2.24) is 15.1 Å². The Morgan fingerprint density at radius 2 is 1.69 bits per heavy atom. The number of nitrogens with zero attached hydrogens (tertiary/aromatic N) is 2. The van der Waals surface area contributed by atoms with Crippen molar-refractivity contribution in [2.24, 2.45) is 0 Å². The van der Waals surface area contributed by atoms with Crippen LogP contribution >= 0.6 is 11.6 Å². The molecule has 2 aromatic carbocycles. The van der Waals surface area contributed by atoms with Crippen molar-refractivity contribution in [1.29, 1.82) is 0 Å². The second-order valence-corrected chi connectivity index (χ2v) is 8.04. The summed E-state index contributed by atoms with van der Waals surface area (Å²) < 4.78 is 5.24. The number of carbonyl (C=O) groups excluding carboxylic acids is 3. The smallest absolute Gasteiger partial charge is 0.253 e. The van der Waals surface area contributed by atoms with E-state index in [4.69, 9.17) is 16.3 Å². The van der Waals surface area contributed by atoms with Crippen LogP contribution in [0.4, 0.5) is 5.69 Å². The molecule has 0 unspecified atom stereocenters. The van der Waals surface area contributed by atoms with Gasteiger partial charge in [-0.05, 0) is 48.9 Å². The third-order valence-corrected chi connectivity index (χ3v) is 5.45. The molecule has 1 aliphatic heterocycles. The average Bonchev–Trinajstić information content (AvgIpc) is 2.78. The Morgan fingerprint density at radius 1 is 1.00 bits per heavy atom. The zero-order valence-electron chi connectivity index (χ0n) is 18.2. The molecule has 1 heterocycles. The van der Waals surface area contributed by atoms with Crippen molar-refractivity contribution in [2.75, 3.05) is 51.7 Å². The Balaban J connectivity index is 1.40. The monoisotopic (exact) mass is 458 g/mol. The van der Waals surface area contributed by atoms with E-state index in [2.05, 4.69) is 10.6 Å². The Morgan fingerprint density at radius 3 is 2.34 bits per heavy atom. The highest BCUT2D eigenvalue weighted by atomic mass is 35.5. The molecule has 2 N–H and O–H groups in total. The largest absolute Gasteiger partial charge is 0.495 e. The molecule has 3 amide bonds. The van der Waals surface area contributed by atoms with Gasteiger partial charge in [0.2, 0.25) is 11.8 Å². The minimum absolute atomic E-state index is 0.0472. The van der Waals surface area contributed by atoms with Gasteiger partial charge in [-0.1, -0.05) is 17.7 Å². The number of hydrogen-bond donors (Lipinski definition) is 2. The number of methoxy groups -OCH3 is 1. The second kappa shape index (κ2) is 11.0. The van der Waals surface area contributed by atoms with Crippen molar-refractivity contribution in [3.63, 3.8) is 0 Å². The first kappa shape index (κ1) is 23.6. The SMILES string of the molecule is COc1ccc(C)cc1NC(=O)CNC(=O)CN1CCN(C(=O)c2ccc(Cl)cc2)CC1. The van der Waals surface area contributed by atoms with Gasteiger partial charge in [-0.2, -0.15) is 0 Å². The molecular weight excluding hydrogens is 432 g/mol. The summed E-state index contributed by atoms with van der Waals surface area (Å²) >= 11 is 5.88. The maximum atomic E-state index is 12.6. The number of halogens is 1. The van der Waals surface area contributed by atoms with Crippen LogP contribution in [0.1, 0.15) is 15.9 Å². The number of aryl methyl sites for hydroxylation is 1. The van der Waals surface area contributed by atoms with E-state index in [9.17, 15) is 14.4 Å². The summed E-state index contributed by atoms with van der Waals surface area (Å²) in [5, 5.41) is 5.98. The standard InChI is InChI=1S/C23H27ClN4O4/c1-16-3-8-20(32-2)19(13-16)26-21(29)14-25-22(30)15-27-9-11-28(12-10-27)23(31)17-4-6-18(24)7-5-17/h3-8,13H,9-12,14-15H2,1-2H3,(H,25,30)(H,26,29). The molecule has 1 saturated heterocycles. The summed E-state index contributed by atoms with van der Waals surface area (Å²) in [6.07, 6.45) is 0. The minimum atomic E-state index is -0.333. The summed E-state index contributed by atoms with van der Waals surface area (Å²) in [7, 11) is 1.53. The second-order valence-electron chi connectivity index (χ2n) is 7.60. The van der Waals surface area contributed by atoms with Crippen LogP contribution in [0.25, 0.3) is 0 Å². The van der Waals surface area contributed by atoms with Crippen molar-refractivity contribution < 1.29 is 19.1 Å². The lowest BCUT2D eigenvalue weighted by molar-refractivity contribution is -0.125. The maximum Gasteiger partial charge on any atom is 0.253 e. The van der Waals surface area contributed by atoms with E-state index in [1.165, 1.54) is 7.11 Å². The lowest BCUT2D eigenvalue weighted by Gasteiger charge is -2.34. The van der Waals surface area contributed by atoms with Crippen LogP contribution in [0, 0.1) is 6.92 Å². The van der Waals surface area contributed by atoms with Gasteiger partial charge >= 0.3 is 0 Å². The van der Waals surface area contributed by atoms with E-state index in [0.717, 1.165) is 5.56 Å². The molecule has 0 aliphatic carbocycles. The van der Waals surface area contributed by atoms with Crippen molar-refractivity contribution in [3.8, 4) is 5.75 Å². The molecular formula is C23H27ClN4O4. The number of ether oxygens (including phenoxy) is 1. The number of carbonyl (C=O) groups is 3. The molecule has 0 bridgehead atoms. The van der Waals surface area contributed by atoms with Crippen LogP contribution in [0.15, 0.2) is 42.5 Å². The fraction of sp³-hybridized carbons (Fsp3) is 0.348. The molecule has 1 aliphatic rings. The lowest BCUT2D eigenvalue weighted by atomic mass is 10.2. The van der Waals surface area contributed by atoms with Crippen LogP contribution in [0.3, 0.4) is 0 Å². The topological polar surface area (TPSA) is 91.0 Å². The average molecular weight is 459 g/mol. The number of benzene rings is 2. The van der Waals surface area contributed by atoms with Crippen LogP contribution in [0.5, 0.6) is 5.75 Å².